The topological polar surface area (TPSA) is 50.8 Å². The summed E-state index contributed by atoms with van der Waals surface area (Å²) in [6.45, 7) is 1.37. The van der Waals surface area contributed by atoms with Gasteiger partial charge >= 0.3 is 0 Å². The van der Waals surface area contributed by atoms with Gasteiger partial charge in [-0.2, -0.15) is 0 Å². The Balaban J connectivity index is 1.65. The van der Waals surface area contributed by atoms with Crippen LogP contribution in [-0.2, 0) is 17.9 Å². The summed E-state index contributed by atoms with van der Waals surface area (Å²) in [4.78, 5) is 14.3. The van der Waals surface area contributed by atoms with Crippen molar-refractivity contribution in [3.8, 4) is 17.2 Å². The zero-order valence-electron chi connectivity index (χ0n) is 14.6. The molecule has 1 aliphatic heterocycles. The van der Waals surface area contributed by atoms with Gasteiger partial charge in [-0.25, -0.2) is 4.39 Å². The molecule has 0 radical (unpaired) electrons. The highest BCUT2D eigenvalue weighted by molar-refractivity contribution is 5.78. The first-order valence-electron chi connectivity index (χ1n) is 8.75. The van der Waals surface area contributed by atoms with E-state index >= 15 is 0 Å². The van der Waals surface area contributed by atoms with Crippen molar-refractivity contribution in [2.75, 3.05) is 13.7 Å². The number of nitrogens with zero attached hydrogens (tertiary/aromatic N) is 1. The molecule has 2 aromatic rings. The van der Waals surface area contributed by atoms with Crippen molar-refractivity contribution >= 4 is 5.91 Å². The Morgan fingerprint density at radius 1 is 1.19 bits per heavy atom. The zero-order chi connectivity index (χ0) is 18.1. The standard InChI is InChI=1S/C20H21FN2O3/c1-25-17-7-3-14-11-23(12-20(24)22-16-5-6-16)10-13-2-4-15(21)8-18(13)26-19(14)9-17/h2-4,7-9,16H,5-6,10-12H2,1H3,(H,22,24). The lowest BCUT2D eigenvalue weighted by molar-refractivity contribution is -0.122. The second-order valence-electron chi connectivity index (χ2n) is 6.81. The molecule has 136 valence electrons. The van der Waals surface area contributed by atoms with Gasteiger partial charge in [0, 0.05) is 42.4 Å². The van der Waals surface area contributed by atoms with E-state index in [1.165, 1.54) is 12.1 Å². The van der Waals surface area contributed by atoms with Gasteiger partial charge in [0.25, 0.3) is 0 Å². The fourth-order valence-corrected chi connectivity index (χ4v) is 3.11. The van der Waals surface area contributed by atoms with Crippen molar-refractivity contribution in [3.05, 3.63) is 53.3 Å². The SMILES string of the molecule is COc1ccc2c(c1)Oc1cc(F)ccc1CN(CC(=O)NC1CC1)C2. The molecule has 0 bridgehead atoms. The number of methoxy groups -OCH3 is 1. The maximum absolute atomic E-state index is 13.7. The lowest BCUT2D eigenvalue weighted by Gasteiger charge is -2.27. The van der Waals surface area contributed by atoms with E-state index in [1.54, 1.807) is 19.2 Å². The van der Waals surface area contributed by atoms with Crippen LogP contribution in [0, 0.1) is 5.82 Å². The molecule has 5 nitrogen and oxygen atoms in total. The van der Waals surface area contributed by atoms with Gasteiger partial charge in [-0.05, 0) is 25.0 Å². The maximum Gasteiger partial charge on any atom is 0.234 e. The van der Waals surface area contributed by atoms with E-state index in [0.29, 0.717) is 42.9 Å². The molecule has 2 aliphatic rings. The zero-order valence-corrected chi connectivity index (χ0v) is 14.6. The Kier molecular flexibility index (Phi) is 4.51. The number of hydrogen-bond donors (Lipinski definition) is 1. The quantitative estimate of drug-likeness (QED) is 0.914. The minimum atomic E-state index is -0.355. The van der Waals surface area contributed by atoms with Gasteiger partial charge in [-0.1, -0.05) is 12.1 Å². The number of carbonyl (C=O) groups is 1. The molecule has 1 amide bonds. The number of ether oxygens (including phenoxy) is 2. The van der Waals surface area contributed by atoms with E-state index in [0.717, 1.165) is 24.0 Å². The van der Waals surface area contributed by atoms with Gasteiger partial charge in [-0.15, -0.1) is 0 Å². The molecular weight excluding hydrogens is 335 g/mol. The van der Waals surface area contributed by atoms with Crippen LogP contribution < -0.4 is 14.8 Å². The van der Waals surface area contributed by atoms with E-state index in [4.69, 9.17) is 9.47 Å². The number of halogens is 1. The molecule has 6 heteroatoms. The Labute approximate surface area is 151 Å². The summed E-state index contributed by atoms with van der Waals surface area (Å²) >= 11 is 0. The number of amides is 1. The molecule has 0 aromatic heterocycles. The number of carbonyl (C=O) groups excluding carboxylic acids is 1. The normalized spacial score (nSPS) is 16.5. The molecular formula is C20H21FN2O3. The molecule has 4 rings (SSSR count). The van der Waals surface area contributed by atoms with Crippen LogP contribution in [0.3, 0.4) is 0 Å². The molecule has 1 N–H and O–H groups in total. The van der Waals surface area contributed by atoms with Gasteiger partial charge < -0.3 is 14.8 Å². The van der Waals surface area contributed by atoms with E-state index in [-0.39, 0.29) is 11.7 Å². The average Bonchev–Trinajstić information content (AvgIpc) is 3.40. The van der Waals surface area contributed by atoms with Gasteiger partial charge in [0.15, 0.2) is 0 Å². The summed E-state index contributed by atoms with van der Waals surface area (Å²) < 4.78 is 25.0. The van der Waals surface area contributed by atoms with Crippen LogP contribution in [0.25, 0.3) is 0 Å². The fraction of sp³-hybridized carbons (Fsp3) is 0.350. The van der Waals surface area contributed by atoms with Crippen LogP contribution in [0.15, 0.2) is 36.4 Å². The monoisotopic (exact) mass is 356 g/mol. The highest BCUT2D eigenvalue weighted by atomic mass is 19.1. The number of fused-ring (bicyclic) bond motifs is 2. The molecule has 0 spiro atoms. The lowest BCUT2D eigenvalue weighted by Crippen LogP contribution is -2.38. The average molecular weight is 356 g/mol. The minimum absolute atomic E-state index is 0.0210. The van der Waals surface area contributed by atoms with Crippen molar-refractivity contribution in [1.29, 1.82) is 0 Å². The van der Waals surface area contributed by atoms with Gasteiger partial charge in [0.2, 0.25) is 5.91 Å². The molecule has 0 atom stereocenters. The fourth-order valence-electron chi connectivity index (χ4n) is 3.11. The molecule has 1 heterocycles. The summed E-state index contributed by atoms with van der Waals surface area (Å²) in [6.07, 6.45) is 2.12. The van der Waals surface area contributed by atoms with Gasteiger partial charge in [0.05, 0.1) is 13.7 Å². The highest BCUT2D eigenvalue weighted by Gasteiger charge is 2.25. The number of rotatable bonds is 4. The van der Waals surface area contributed by atoms with E-state index in [9.17, 15) is 9.18 Å². The third-order valence-electron chi connectivity index (χ3n) is 4.62. The predicted molar refractivity (Wildman–Crippen MR) is 94.7 cm³/mol. The first-order chi connectivity index (χ1) is 12.6. The molecule has 0 unspecified atom stereocenters. The van der Waals surface area contributed by atoms with Gasteiger partial charge in [-0.3, -0.25) is 9.69 Å². The van der Waals surface area contributed by atoms with Crippen molar-refractivity contribution in [3.63, 3.8) is 0 Å². The van der Waals surface area contributed by atoms with Crippen molar-refractivity contribution < 1.29 is 18.7 Å². The molecule has 1 saturated carbocycles. The molecule has 1 fully saturated rings. The van der Waals surface area contributed by atoms with E-state index in [1.807, 2.05) is 17.0 Å². The Morgan fingerprint density at radius 2 is 1.88 bits per heavy atom. The number of benzene rings is 2. The van der Waals surface area contributed by atoms with Crippen molar-refractivity contribution in [1.82, 2.24) is 10.2 Å². The third kappa shape index (κ3) is 3.80. The first-order valence-corrected chi connectivity index (χ1v) is 8.75. The minimum Gasteiger partial charge on any atom is -0.497 e. The number of nitrogens with one attached hydrogen (secondary N) is 1. The Bertz CT molecular complexity index is 836. The van der Waals surface area contributed by atoms with Crippen molar-refractivity contribution in [2.24, 2.45) is 0 Å². The smallest absolute Gasteiger partial charge is 0.234 e. The lowest BCUT2D eigenvalue weighted by atomic mass is 10.1. The second kappa shape index (κ2) is 6.96. The second-order valence-corrected chi connectivity index (χ2v) is 6.81. The summed E-state index contributed by atoms with van der Waals surface area (Å²) in [5.74, 6) is 1.41. The van der Waals surface area contributed by atoms with Crippen LogP contribution in [0.1, 0.15) is 24.0 Å². The van der Waals surface area contributed by atoms with Crippen LogP contribution >= 0.6 is 0 Å². The number of hydrogen-bond acceptors (Lipinski definition) is 4. The largest absolute Gasteiger partial charge is 0.497 e. The van der Waals surface area contributed by atoms with E-state index < -0.39 is 0 Å². The molecule has 26 heavy (non-hydrogen) atoms. The van der Waals surface area contributed by atoms with Crippen molar-refractivity contribution in [2.45, 2.75) is 32.0 Å². The van der Waals surface area contributed by atoms with Crippen LogP contribution in [0.2, 0.25) is 0 Å². The highest BCUT2D eigenvalue weighted by Crippen LogP contribution is 2.35. The maximum atomic E-state index is 13.7. The molecule has 0 saturated heterocycles. The van der Waals surface area contributed by atoms with E-state index in [2.05, 4.69) is 5.32 Å². The summed E-state index contributed by atoms with van der Waals surface area (Å²) in [5.41, 5.74) is 1.78. The first kappa shape index (κ1) is 16.8. The third-order valence-corrected chi connectivity index (χ3v) is 4.62. The van der Waals surface area contributed by atoms with Crippen LogP contribution in [-0.4, -0.2) is 30.5 Å². The summed E-state index contributed by atoms with van der Waals surface area (Å²) in [7, 11) is 1.59. The van der Waals surface area contributed by atoms with Crippen LogP contribution in [0.4, 0.5) is 4.39 Å². The predicted octanol–water partition coefficient (Wildman–Crippen LogP) is 3.22. The summed E-state index contributed by atoms with van der Waals surface area (Å²) in [5, 5.41) is 3.02. The molecule has 2 aromatic carbocycles. The Morgan fingerprint density at radius 3 is 2.58 bits per heavy atom. The molecule has 1 aliphatic carbocycles. The van der Waals surface area contributed by atoms with Gasteiger partial charge in [0.1, 0.15) is 23.1 Å². The Hall–Kier alpha value is -2.60. The van der Waals surface area contributed by atoms with Crippen LogP contribution in [0.5, 0.6) is 17.2 Å². The summed E-state index contributed by atoms with van der Waals surface area (Å²) in [6, 6.07) is 10.4.